The molecule has 1 saturated carbocycles. The molecule has 0 atom stereocenters. The summed E-state index contributed by atoms with van der Waals surface area (Å²) in [7, 11) is 0. The Kier molecular flexibility index (Phi) is 5.67. The number of ether oxygens (including phenoxy) is 1. The highest BCUT2D eigenvalue weighted by Crippen LogP contribution is 2.17. The first-order chi connectivity index (χ1) is 11.0. The third-order valence-corrected chi connectivity index (χ3v) is 3.69. The molecule has 0 unspecified atom stereocenters. The van der Waals surface area contributed by atoms with Crippen LogP contribution in [0.1, 0.15) is 41.6 Å². The number of amides is 3. The number of benzene rings is 1. The number of carbonyl (C=O) groups excluding carboxylic acids is 3. The predicted octanol–water partition coefficient (Wildman–Crippen LogP) is 2.06. The van der Waals surface area contributed by atoms with Gasteiger partial charge in [0, 0.05) is 6.04 Å². The number of esters is 1. The van der Waals surface area contributed by atoms with E-state index in [1.54, 1.807) is 6.92 Å². The standard InChI is InChI=1S/C16H19FN2O4/c1-10-6-7-11(8-13(10)17)15(21)23-9-14(20)19-16(22)18-12-4-2-3-5-12/h6-8,12H,2-5,9H2,1H3,(H2,18,19,20,22). The number of rotatable bonds is 4. The second-order valence-electron chi connectivity index (χ2n) is 5.54. The van der Waals surface area contributed by atoms with E-state index in [-0.39, 0.29) is 11.6 Å². The van der Waals surface area contributed by atoms with E-state index in [1.807, 2.05) is 0 Å². The summed E-state index contributed by atoms with van der Waals surface area (Å²) in [6.07, 6.45) is 3.92. The summed E-state index contributed by atoms with van der Waals surface area (Å²) in [5.41, 5.74) is 0.416. The predicted molar refractivity (Wildman–Crippen MR) is 80.3 cm³/mol. The van der Waals surface area contributed by atoms with Crippen molar-refractivity contribution in [1.82, 2.24) is 10.6 Å². The summed E-state index contributed by atoms with van der Waals surface area (Å²) in [6, 6.07) is 3.38. The Morgan fingerprint density at radius 3 is 2.61 bits per heavy atom. The number of urea groups is 1. The van der Waals surface area contributed by atoms with E-state index >= 15 is 0 Å². The number of carbonyl (C=O) groups is 3. The Labute approximate surface area is 133 Å². The van der Waals surface area contributed by atoms with Gasteiger partial charge in [0.1, 0.15) is 5.82 Å². The third kappa shape index (κ3) is 5.05. The van der Waals surface area contributed by atoms with Crippen molar-refractivity contribution >= 4 is 17.9 Å². The molecule has 1 aliphatic rings. The van der Waals surface area contributed by atoms with Gasteiger partial charge in [0.25, 0.3) is 5.91 Å². The minimum atomic E-state index is -0.824. The summed E-state index contributed by atoms with van der Waals surface area (Å²) in [4.78, 5) is 34.8. The highest BCUT2D eigenvalue weighted by molar-refractivity contribution is 5.97. The molecule has 0 heterocycles. The minimum Gasteiger partial charge on any atom is -0.452 e. The van der Waals surface area contributed by atoms with Gasteiger partial charge in [-0.25, -0.2) is 14.0 Å². The molecule has 0 bridgehead atoms. The van der Waals surface area contributed by atoms with Crippen molar-refractivity contribution in [1.29, 1.82) is 0 Å². The lowest BCUT2D eigenvalue weighted by Gasteiger charge is -2.12. The van der Waals surface area contributed by atoms with Crippen LogP contribution in [0.15, 0.2) is 18.2 Å². The van der Waals surface area contributed by atoms with Gasteiger partial charge >= 0.3 is 12.0 Å². The Bertz CT molecular complexity index is 612. The topological polar surface area (TPSA) is 84.5 Å². The molecule has 6 nitrogen and oxygen atoms in total. The monoisotopic (exact) mass is 322 g/mol. The number of halogens is 1. The zero-order valence-electron chi connectivity index (χ0n) is 12.9. The van der Waals surface area contributed by atoms with Crippen molar-refractivity contribution in [2.24, 2.45) is 0 Å². The van der Waals surface area contributed by atoms with Crippen LogP contribution >= 0.6 is 0 Å². The van der Waals surface area contributed by atoms with E-state index in [0.29, 0.717) is 5.56 Å². The molecular formula is C16H19FN2O4. The fraction of sp³-hybridized carbons (Fsp3) is 0.438. The van der Waals surface area contributed by atoms with Crippen LogP contribution in [-0.2, 0) is 9.53 Å². The Morgan fingerprint density at radius 2 is 1.96 bits per heavy atom. The molecule has 3 amide bonds. The summed E-state index contributed by atoms with van der Waals surface area (Å²) in [6.45, 7) is 0.966. The van der Waals surface area contributed by atoms with Gasteiger partial charge in [-0.1, -0.05) is 18.9 Å². The number of nitrogens with one attached hydrogen (secondary N) is 2. The first-order valence-corrected chi connectivity index (χ1v) is 7.49. The molecule has 1 aromatic carbocycles. The number of hydrogen-bond acceptors (Lipinski definition) is 4. The average molecular weight is 322 g/mol. The molecule has 1 aromatic rings. The van der Waals surface area contributed by atoms with Gasteiger partial charge < -0.3 is 10.1 Å². The normalized spacial score (nSPS) is 14.3. The largest absolute Gasteiger partial charge is 0.452 e. The molecule has 7 heteroatoms. The van der Waals surface area contributed by atoms with Gasteiger partial charge in [0.05, 0.1) is 5.56 Å². The number of hydrogen-bond donors (Lipinski definition) is 2. The lowest BCUT2D eigenvalue weighted by molar-refractivity contribution is -0.123. The zero-order chi connectivity index (χ0) is 16.8. The molecule has 2 N–H and O–H groups in total. The van der Waals surface area contributed by atoms with Crippen LogP contribution in [0.4, 0.5) is 9.18 Å². The van der Waals surface area contributed by atoms with Crippen LogP contribution in [0.5, 0.6) is 0 Å². The summed E-state index contributed by atoms with van der Waals surface area (Å²) < 4.78 is 18.1. The third-order valence-electron chi connectivity index (χ3n) is 3.69. The van der Waals surface area contributed by atoms with Crippen molar-refractivity contribution in [3.05, 3.63) is 35.1 Å². The van der Waals surface area contributed by atoms with Crippen molar-refractivity contribution in [3.63, 3.8) is 0 Å². The van der Waals surface area contributed by atoms with E-state index in [9.17, 15) is 18.8 Å². The number of imide groups is 1. The molecule has 0 aliphatic heterocycles. The van der Waals surface area contributed by atoms with Gasteiger partial charge in [-0.15, -0.1) is 0 Å². The van der Waals surface area contributed by atoms with Crippen molar-refractivity contribution in [2.75, 3.05) is 6.61 Å². The fourth-order valence-electron chi connectivity index (χ4n) is 2.39. The summed E-state index contributed by atoms with van der Waals surface area (Å²) in [5, 5.41) is 4.78. The van der Waals surface area contributed by atoms with Gasteiger partial charge in [-0.2, -0.15) is 0 Å². The molecule has 0 spiro atoms. The second-order valence-corrected chi connectivity index (χ2v) is 5.54. The molecule has 124 valence electrons. The van der Waals surface area contributed by atoms with Crippen molar-refractivity contribution in [3.8, 4) is 0 Å². The van der Waals surface area contributed by atoms with Crippen molar-refractivity contribution < 1.29 is 23.5 Å². The Hall–Kier alpha value is -2.44. The summed E-state index contributed by atoms with van der Waals surface area (Å²) >= 11 is 0. The highest BCUT2D eigenvalue weighted by atomic mass is 19.1. The first-order valence-electron chi connectivity index (χ1n) is 7.49. The van der Waals surface area contributed by atoms with Crippen LogP contribution in [-0.4, -0.2) is 30.6 Å². The van der Waals surface area contributed by atoms with E-state index < -0.39 is 30.3 Å². The highest BCUT2D eigenvalue weighted by Gasteiger charge is 2.19. The van der Waals surface area contributed by atoms with E-state index in [2.05, 4.69) is 10.6 Å². The van der Waals surface area contributed by atoms with Crippen LogP contribution in [0.3, 0.4) is 0 Å². The van der Waals surface area contributed by atoms with Crippen LogP contribution in [0, 0.1) is 12.7 Å². The SMILES string of the molecule is Cc1ccc(C(=O)OCC(=O)NC(=O)NC2CCCC2)cc1F. The van der Waals surface area contributed by atoms with Gasteiger partial charge in [-0.05, 0) is 37.5 Å². The first kappa shape index (κ1) is 16.9. The summed E-state index contributed by atoms with van der Waals surface area (Å²) in [5.74, 6) is -2.09. The van der Waals surface area contributed by atoms with Gasteiger partial charge in [0.15, 0.2) is 6.61 Å². The number of aryl methyl sites for hydroxylation is 1. The molecule has 0 radical (unpaired) electrons. The maximum atomic E-state index is 13.4. The van der Waals surface area contributed by atoms with Crippen LogP contribution in [0.2, 0.25) is 0 Å². The average Bonchev–Trinajstić information content (AvgIpc) is 3.00. The van der Waals surface area contributed by atoms with Gasteiger partial charge in [0.2, 0.25) is 0 Å². The van der Waals surface area contributed by atoms with E-state index in [0.717, 1.165) is 31.7 Å². The van der Waals surface area contributed by atoms with Crippen molar-refractivity contribution in [2.45, 2.75) is 38.6 Å². The fourth-order valence-corrected chi connectivity index (χ4v) is 2.39. The molecule has 1 aliphatic carbocycles. The molecule has 23 heavy (non-hydrogen) atoms. The van der Waals surface area contributed by atoms with Crippen LogP contribution < -0.4 is 10.6 Å². The maximum absolute atomic E-state index is 13.4. The van der Waals surface area contributed by atoms with E-state index in [1.165, 1.54) is 12.1 Å². The van der Waals surface area contributed by atoms with E-state index in [4.69, 9.17) is 4.74 Å². The van der Waals surface area contributed by atoms with Crippen LogP contribution in [0.25, 0.3) is 0 Å². The molecule has 2 rings (SSSR count). The lowest BCUT2D eigenvalue weighted by Crippen LogP contribution is -2.44. The Balaban J connectivity index is 1.75. The molecule has 0 aromatic heterocycles. The molecule has 0 saturated heterocycles. The quantitative estimate of drug-likeness (QED) is 0.831. The van der Waals surface area contributed by atoms with Gasteiger partial charge in [-0.3, -0.25) is 10.1 Å². The zero-order valence-corrected chi connectivity index (χ0v) is 12.9. The molecule has 1 fully saturated rings. The minimum absolute atomic E-state index is 0.0105. The maximum Gasteiger partial charge on any atom is 0.338 e. The smallest absolute Gasteiger partial charge is 0.338 e. The molecular weight excluding hydrogens is 303 g/mol. The Morgan fingerprint density at radius 1 is 1.26 bits per heavy atom. The second kappa shape index (κ2) is 7.71. The lowest BCUT2D eigenvalue weighted by atomic mass is 10.1.